The lowest BCUT2D eigenvalue weighted by Gasteiger charge is -2.20. The van der Waals surface area contributed by atoms with Gasteiger partial charge in [-0.15, -0.1) is 0 Å². The molecule has 1 heterocycles. The molecule has 4 nitrogen and oxygen atoms in total. The Morgan fingerprint density at radius 3 is 2.27 bits per heavy atom. The molecule has 0 fully saturated rings. The Morgan fingerprint density at radius 1 is 1.27 bits per heavy atom. The second-order valence-electron chi connectivity index (χ2n) is 5.05. The summed E-state index contributed by atoms with van der Waals surface area (Å²) >= 11 is 0. The van der Waals surface area contributed by atoms with Crippen LogP contribution >= 0.6 is 0 Å². The van der Waals surface area contributed by atoms with Crippen molar-refractivity contribution in [3.05, 3.63) is 17.6 Å². The van der Waals surface area contributed by atoms with Gasteiger partial charge in [-0.3, -0.25) is 0 Å². The first-order valence-corrected chi connectivity index (χ1v) is 5.20. The van der Waals surface area contributed by atoms with Crippen molar-refractivity contribution in [1.82, 2.24) is 9.97 Å². The lowest BCUT2D eigenvalue weighted by molar-refractivity contribution is 0.559. The Morgan fingerprint density at radius 2 is 1.87 bits per heavy atom. The van der Waals surface area contributed by atoms with Gasteiger partial charge in [-0.2, -0.15) is 0 Å². The maximum atomic E-state index is 5.39. The topological polar surface area (TPSA) is 63.8 Å². The van der Waals surface area contributed by atoms with Crippen molar-refractivity contribution in [2.24, 2.45) is 5.84 Å². The van der Waals surface area contributed by atoms with E-state index in [0.29, 0.717) is 11.7 Å². The van der Waals surface area contributed by atoms with Gasteiger partial charge in [-0.1, -0.05) is 34.6 Å². The Labute approximate surface area is 91.3 Å². The number of nitrogen functional groups attached to an aromatic ring is 1. The second kappa shape index (κ2) is 4.14. The maximum Gasteiger partial charge on any atom is 0.143 e. The van der Waals surface area contributed by atoms with Gasteiger partial charge in [0.25, 0.3) is 0 Å². The van der Waals surface area contributed by atoms with E-state index in [-0.39, 0.29) is 5.41 Å². The number of nitrogens with one attached hydrogen (secondary N) is 1. The van der Waals surface area contributed by atoms with Crippen LogP contribution in [0, 0.1) is 0 Å². The van der Waals surface area contributed by atoms with Gasteiger partial charge >= 0.3 is 0 Å². The summed E-state index contributed by atoms with van der Waals surface area (Å²) in [6, 6.07) is 1.89. The van der Waals surface area contributed by atoms with Gasteiger partial charge in [0.05, 0.1) is 5.69 Å². The number of anilines is 1. The van der Waals surface area contributed by atoms with Crippen LogP contribution in [0.3, 0.4) is 0 Å². The number of hydrogen-bond acceptors (Lipinski definition) is 4. The van der Waals surface area contributed by atoms with Crippen molar-refractivity contribution in [2.45, 2.75) is 46.0 Å². The summed E-state index contributed by atoms with van der Waals surface area (Å²) < 4.78 is 0. The van der Waals surface area contributed by atoms with E-state index < -0.39 is 0 Å². The smallest absolute Gasteiger partial charge is 0.143 e. The van der Waals surface area contributed by atoms with E-state index in [0.717, 1.165) is 11.5 Å². The van der Waals surface area contributed by atoms with Crippen molar-refractivity contribution in [1.29, 1.82) is 0 Å². The number of nitrogens with two attached hydrogens (primary N) is 1. The maximum absolute atomic E-state index is 5.39. The van der Waals surface area contributed by atoms with Gasteiger partial charge in [-0.05, 0) is 0 Å². The second-order valence-corrected chi connectivity index (χ2v) is 5.05. The van der Waals surface area contributed by atoms with Crippen molar-refractivity contribution in [2.75, 3.05) is 5.43 Å². The molecule has 0 aromatic carbocycles. The van der Waals surface area contributed by atoms with Crippen molar-refractivity contribution >= 4 is 5.82 Å². The summed E-state index contributed by atoms with van der Waals surface area (Å²) in [6.07, 6.45) is 0. The average Bonchev–Trinajstić information content (AvgIpc) is 2.15. The lowest BCUT2D eigenvalue weighted by Crippen LogP contribution is -2.18. The number of nitrogens with zero attached hydrogens (tertiary/aromatic N) is 2. The Hall–Kier alpha value is -1.16. The fraction of sp³-hybridized carbons (Fsp3) is 0.636. The molecule has 84 valence electrons. The van der Waals surface area contributed by atoms with Crippen LogP contribution in [-0.4, -0.2) is 9.97 Å². The molecule has 0 aliphatic heterocycles. The van der Waals surface area contributed by atoms with Crippen LogP contribution < -0.4 is 11.3 Å². The molecule has 0 aliphatic carbocycles. The summed E-state index contributed by atoms with van der Waals surface area (Å²) in [7, 11) is 0. The van der Waals surface area contributed by atoms with Crippen molar-refractivity contribution < 1.29 is 0 Å². The highest BCUT2D eigenvalue weighted by Gasteiger charge is 2.18. The molecule has 1 aromatic heterocycles. The highest BCUT2D eigenvalue weighted by Crippen LogP contribution is 2.23. The minimum Gasteiger partial charge on any atom is -0.308 e. The average molecular weight is 208 g/mol. The van der Waals surface area contributed by atoms with Gasteiger partial charge in [-0.25, -0.2) is 15.8 Å². The van der Waals surface area contributed by atoms with Crippen LogP contribution in [0.1, 0.15) is 52.1 Å². The monoisotopic (exact) mass is 208 g/mol. The number of aromatic nitrogens is 2. The third kappa shape index (κ3) is 2.89. The highest BCUT2D eigenvalue weighted by molar-refractivity contribution is 5.36. The van der Waals surface area contributed by atoms with Gasteiger partial charge in [0.1, 0.15) is 11.6 Å². The first-order valence-electron chi connectivity index (χ1n) is 5.20. The van der Waals surface area contributed by atoms with E-state index >= 15 is 0 Å². The van der Waals surface area contributed by atoms with Crippen LogP contribution in [0.25, 0.3) is 0 Å². The van der Waals surface area contributed by atoms with E-state index in [1.807, 2.05) is 6.07 Å². The molecule has 0 radical (unpaired) electrons. The Balaban J connectivity index is 3.23. The normalized spacial score (nSPS) is 11.9. The van der Waals surface area contributed by atoms with Crippen LogP contribution in [0.15, 0.2) is 6.07 Å². The molecule has 0 aliphatic rings. The van der Waals surface area contributed by atoms with E-state index in [1.165, 1.54) is 0 Å². The zero-order chi connectivity index (χ0) is 11.6. The lowest BCUT2D eigenvalue weighted by atomic mass is 9.91. The predicted molar refractivity (Wildman–Crippen MR) is 62.6 cm³/mol. The van der Waals surface area contributed by atoms with Crippen LogP contribution in [-0.2, 0) is 5.41 Å². The molecule has 1 aromatic rings. The number of hydrazine groups is 1. The molecule has 15 heavy (non-hydrogen) atoms. The van der Waals surface area contributed by atoms with Gasteiger partial charge < -0.3 is 5.43 Å². The highest BCUT2D eigenvalue weighted by atomic mass is 15.3. The summed E-state index contributed by atoms with van der Waals surface area (Å²) in [5.74, 6) is 7.20. The van der Waals surface area contributed by atoms with Crippen LogP contribution in [0.2, 0.25) is 0 Å². The first-order chi connectivity index (χ1) is 6.84. The number of rotatable bonds is 2. The molecule has 0 atom stereocenters. The molecule has 0 saturated carbocycles. The van der Waals surface area contributed by atoms with E-state index in [4.69, 9.17) is 5.84 Å². The zero-order valence-electron chi connectivity index (χ0n) is 10.1. The SMILES string of the molecule is CC(C)c1nc(NN)cc(C(C)(C)C)n1. The predicted octanol–water partition coefficient (Wildman–Crippen LogP) is 2.18. The minimum absolute atomic E-state index is 0.0121. The van der Waals surface area contributed by atoms with E-state index in [2.05, 4.69) is 50.0 Å². The number of hydrogen-bond donors (Lipinski definition) is 2. The van der Waals surface area contributed by atoms with Crippen LogP contribution in [0.4, 0.5) is 5.82 Å². The van der Waals surface area contributed by atoms with E-state index in [1.54, 1.807) is 0 Å². The largest absolute Gasteiger partial charge is 0.308 e. The summed E-state index contributed by atoms with van der Waals surface area (Å²) in [5, 5.41) is 0. The Bertz CT molecular complexity index is 339. The molecular weight excluding hydrogens is 188 g/mol. The summed E-state index contributed by atoms with van der Waals surface area (Å²) in [6.45, 7) is 10.5. The molecule has 0 bridgehead atoms. The standard InChI is InChI=1S/C11H20N4/c1-7(2)10-13-8(11(3,4)5)6-9(14-10)15-12/h6-7H,12H2,1-5H3,(H,13,14,15). The van der Waals surface area contributed by atoms with Gasteiger partial charge in [0, 0.05) is 17.4 Å². The minimum atomic E-state index is 0.0121. The summed E-state index contributed by atoms with van der Waals surface area (Å²) in [5.41, 5.74) is 3.60. The summed E-state index contributed by atoms with van der Waals surface area (Å²) in [4.78, 5) is 8.86. The fourth-order valence-corrected chi connectivity index (χ4v) is 1.18. The molecule has 0 unspecified atom stereocenters. The Kier molecular flexibility index (Phi) is 3.29. The van der Waals surface area contributed by atoms with E-state index in [9.17, 15) is 0 Å². The molecule has 0 saturated heterocycles. The van der Waals surface area contributed by atoms with Crippen molar-refractivity contribution in [3.8, 4) is 0 Å². The zero-order valence-corrected chi connectivity index (χ0v) is 10.1. The quantitative estimate of drug-likeness (QED) is 0.577. The third-order valence-electron chi connectivity index (χ3n) is 2.18. The molecule has 0 amide bonds. The molecular formula is C11H20N4. The molecule has 1 rings (SSSR count). The fourth-order valence-electron chi connectivity index (χ4n) is 1.18. The van der Waals surface area contributed by atoms with Crippen LogP contribution in [0.5, 0.6) is 0 Å². The van der Waals surface area contributed by atoms with Gasteiger partial charge in [0.15, 0.2) is 0 Å². The van der Waals surface area contributed by atoms with Gasteiger partial charge in [0.2, 0.25) is 0 Å². The molecule has 3 N–H and O–H groups in total. The van der Waals surface area contributed by atoms with Crippen molar-refractivity contribution in [3.63, 3.8) is 0 Å². The first kappa shape index (κ1) is 11.9. The molecule has 0 spiro atoms. The third-order valence-corrected chi connectivity index (χ3v) is 2.18. The molecule has 4 heteroatoms.